The quantitative estimate of drug-likeness (QED) is 0.662. The fourth-order valence-electron chi connectivity index (χ4n) is 1.77. The molecule has 0 aromatic heterocycles. The molecular weight excluding hydrogens is 192 g/mol. The Kier molecular flexibility index (Phi) is 3.83. The molecule has 1 rings (SSSR count). The number of rotatable bonds is 4. The lowest BCUT2D eigenvalue weighted by Crippen LogP contribution is -2.19. The molecule has 0 nitrogen and oxygen atoms in total. The van der Waals surface area contributed by atoms with Crippen LogP contribution in [-0.4, -0.2) is 0 Å². The number of hydrogen-bond acceptors (Lipinski definition) is 0. The summed E-state index contributed by atoms with van der Waals surface area (Å²) in [7, 11) is 0. The van der Waals surface area contributed by atoms with Gasteiger partial charge in [0, 0.05) is 0 Å². The van der Waals surface area contributed by atoms with Crippen molar-refractivity contribution in [3.8, 4) is 0 Å². The smallest absolute Gasteiger partial charge is 0.0106 e. The van der Waals surface area contributed by atoms with E-state index in [2.05, 4.69) is 65.8 Å². The molecule has 0 aliphatic carbocycles. The van der Waals surface area contributed by atoms with Crippen molar-refractivity contribution in [3.05, 3.63) is 35.4 Å². The highest BCUT2D eigenvalue weighted by molar-refractivity contribution is 5.33. The summed E-state index contributed by atoms with van der Waals surface area (Å²) in [5, 5.41) is 0. The lowest BCUT2D eigenvalue weighted by Gasteiger charge is -2.28. The first-order chi connectivity index (χ1) is 7.33. The molecule has 0 aliphatic rings. The molecule has 0 bridgehead atoms. The normalized spacial score (nSPS) is 12.9. The maximum atomic E-state index is 2.40. The van der Waals surface area contributed by atoms with Crippen LogP contribution in [0, 0.1) is 0 Å². The minimum absolute atomic E-state index is 0.291. The van der Waals surface area contributed by atoms with Gasteiger partial charge in [0.1, 0.15) is 0 Å². The van der Waals surface area contributed by atoms with Gasteiger partial charge in [-0.2, -0.15) is 0 Å². The lowest BCUT2D eigenvalue weighted by molar-refractivity contribution is 0.488. The van der Waals surface area contributed by atoms with Crippen LogP contribution in [0.5, 0.6) is 0 Å². The molecule has 0 radical (unpaired) electrons. The molecule has 0 fully saturated rings. The molecule has 90 valence electrons. The van der Waals surface area contributed by atoms with Gasteiger partial charge < -0.3 is 0 Å². The van der Waals surface area contributed by atoms with Crippen molar-refractivity contribution >= 4 is 0 Å². The minimum Gasteiger partial charge on any atom is -0.0646 e. The molecule has 0 unspecified atom stereocenters. The highest BCUT2D eigenvalue weighted by Crippen LogP contribution is 2.32. The van der Waals surface area contributed by atoms with Gasteiger partial charge >= 0.3 is 0 Å². The molecule has 0 heteroatoms. The van der Waals surface area contributed by atoms with Crippen LogP contribution in [0.15, 0.2) is 24.3 Å². The number of benzene rings is 1. The van der Waals surface area contributed by atoms with E-state index >= 15 is 0 Å². The second-order valence-corrected chi connectivity index (χ2v) is 6.06. The van der Waals surface area contributed by atoms with Gasteiger partial charge in [-0.15, -0.1) is 0 Å². The standard InChI is InChI=1S/C16H26/c1-7-15(3,4)13-10-9-11-14(12-13)16(5,6)8-2/h9-12H,7-8H2,1-6H3. The van der Waals surface area contributed by atoms with E-state index in [4.69, 9.17) is 0 Å². The van der Waals surface area contributed by atoms with Gasteiger partial charge in [0.05, 0.1) is 0 Å². The third-order valence-corrected chi connectivity index (χ3v) is 4.19. The van der Waals surface area contributed by atoms with Crippen molar-refractivity contribution in [1.82, 2.24) is 0 Å². The van der Waals surface area contributed by atoms with Gasteiger partial charge in [-0.3, -0.25) is 0 Å². The number of hydrogen-bond donors (Lipinski definition) is 0. The molecule has 0 aliphatic heterocycles. The van der Waals surface area contributed by atoms with Crippen LogP contribution < -0.4 is 0 Å². The Bertz CT molecular complexity index is 314. The predicted octanol–water partition coefficient (Wildman–Crippen LogP) is 5.06. The monoisotopic (exact) mass is 218 g/mol. The van der Waals surface area contributed by atoms with Crippen LogP contribution in [0.4, 0.5) is 0 Å². The van der Waals surface area contributed by atoms with Crippen LogP contribution in [0.1, 0.15) is 65.5 Å². The topological polar surface area (TPSA) is 0 Å². The van der Waals surface area contributed by atoms with Gasteiger partial charge in [-0.05, 0) is 34.8 Å². The van der Waals surface area contributed by atoms with Crippen LogP contribution in [0.3, 0.4) is 0 Å². The van der Waals surface area contributed by atoms with E-state index in [0.717, 1.165) is 0 Å². The third kappa shape index (κ3) is 2.66. The SMILES string of the molecule is CCC(C)(C)c1cccc(C(C)(C)CC)c1. The Morgan fingerprint density at radius 1 is 0.812 bits per heavy atom. The zero-order valence-corrected chi connectivity index (χ0v) is 11.7. The van der Waals surface area contributed by atoms with Crippen molar-refractivity contribution in [2.45, 2.75) is 65.2 Å². The first-order valence-electron chi connectivity index (χ1n) is 6.44. The average Bonchev–Trinajstić information content (AvgIpc) is 2.29. The van der Waals surface area contributed by atoms with Crippen LogP contribution >= 0.6 is 0 Å². The van der Waals surface area contributed by atoms with E-state index < -0.39 is 0 Å². The summed E-state index contributed by atoms with van der Waals surface area (Å²) in [6.07, 6.45) is 2.37. The summed E-state index contributed by atoms with van der Waals surface area (Å²) >= 11 is 0. The molecule has 0 heterocycles. The summed E-state index contributed by atoms with van der Waals surface area (Å²) in [4.78, 5) is 0. The highest BCUT2D eigenvalue weighted by Gasteiger charge is 2.22. The zero-order chi connectivity index (χ0) is 12.4. The molecule has 0 saturated heterocycles. The van der Waals surface area contributed by atoms with Gasteiger partial charge in [0.15, 0.2) is 0 Å². The summed E-state index contributed by atoms with van der Waals surface area (Å²) in [5.41, 5.74) is 3.52. The Hall–Kier alpha value is -0.780. The molecule has 0 N–H and O–H groups in total. The summed E-state index contributed by atoms with van der Waals surface area (Å²) < 4.78 is 0. The zero-order valence-electron chi connectivity index (χ0n) is 11.7. The van der Waals surface area contributed by atoms with E-state index in [0.29, 0.717) is 10.8 Å². The molecule has 1 aromatic rings. The van der Waals surface area contributed by atoms with Crippen molar-refractivity contribution in [1.29, 1.82) is 0 Å². The molecule has 16 heavy (non-hydrogen) atoms. The van der Waals surface area contributed by atoms with E-state index in [1.807, 2.05) is 0 Å². The van der Waals surface area contributed by atoms with Crippen LogP contribution in [0.25, 0.3) is 0 Å². The summed E-state index contributed by atoms with van der Waals surface area (Å²) in [5.74, 6) is 0. The maximum Gasteiger partial charge on any atom is -0.0106 e. The average molecular weight is 218 g/mol. The lowest BCUT2D eigenvalue weighted by atomic mass is 9.77. The van der Waals surface area contributed by atoms with Crippen molar-refractivity contribution in [2.75, 3.05) is 0 Å². The highest BCUT2D eigenvalue weighted by atomic mass is 14.3. The minimum atomic E-state index is 0.291. The van der Waals surface area contributed by atoms with Crippen molar-refractivity contribution in [2.24, 2.45) is 0 Å². The van der Waals surface area contributed by atoms with E-state index in [1.165, 1.54) is 24.0 Å². The van der Waals surface area contributed by atoms with Gasteiger partial charge in [-0.1, -0.05) is 65.8 Å². The molecular formula is C16H26. The Labute approximate surface area is 101 Å². The van der Waals surface area contributed by atoms with Gasteiger partial charge in [-0.25, -0.2) is 0 Å². The molecule has 0 amide bonds. The second kappa shape index (κ2) is 4.61. The first kappa shape index (κ1) is 13.3. The van der Waals surface area contributed by atoms with E-state index in [-0.39, 0.29) is 0 Å². The van der Waals surface area contributed by atoms with E-state index in [1.54, 1.807) is 0 Å². The predicted molar refractivity (Wildman–Crippen MR) is 73.1 cm³/mol. The van der Waals surface area contributed by atoms with Gasteiger partial charge in [0.25, 0.3) is 0 Å². The van der Waals surface area contributed by atoms with Crippen LogP contribution in [0.2, 0.25) is 0 Å². The Morgan fingerprint density at radius 3 is 1.50 bits per heavy atom. The van der Waals surface area contributed by atoms with E-state index in [9.17, 15) is 0 Å². The Morgan fingerprint density at radius 2 is 1.19 bits per heavy atom. The molecule has 1 aromatic carbocycles. The Balaban J connectivity index is 3.14. The molecule has 0 atom stereocenters. The fourth-order valence-corrected chi connectivity index (χ4v) is 1.77. The second-order valence-electron chi connectivity index (χ2n) is 6.06. The van der Waals surface area contributed by atoms with Crippen LogP contribution in [-0.2, 0) is 10.8 Å². The third-order valence-electron chi connectivity index (χ3n) is 4.19. The van der Waals surface area contributed by atoms with Gasteiger partial charge in [0.2, 0.25) is 0 Å². The largest absolute Gasteiger partial charge is 0.0646 e. The molecule has 0 saturated carbocycles. The van der Waals surface area contributed by atoms with Crippen molar-refractivity contribution in [3.63, 3.8) is 0 Å². The summed E-state index contributed by atoms with van der Waals surface area (Å²) in [6.45, 7) is 13.8. The maximum absolute atomic E-state index is 2.40. The fraction of sp³-hybridized carbons (Fsp3) is 0.625. The summed E-state index contributed by atoms with van der Waals surface area (Å²) in [6, 6.07) is 9.13. The van der Waals surface area contributed by atoms with Crippen molar-refractivity contribution < 1.29 is 0 Å². The first-order valence-corrected chi connectivity index (χ1v) is 6.44. The molecule has 0 spiro atoms.